The van der Waals surface area contributed by atoms with Gasteiger partial charge in [-0.05, 0) is 49.9 Å². The van der Waals surface area contributed by atoms with Crippen LogP contribution >= 0.6 is 0 Å². The topological polar surface area (TPSA) is 58.6 Å². The van der Waals surface area contributed by atoms with Gasteiger partial charge in [-0.2, -0.15) is 0 Å². The molecule has 0 heterocycles. The molecule has 0 radical (unpaired) electrons. The SMILES string of the molecule is Cc1cccc(OCCNCC2CCCC2C(=O)O)c1. The molecule has 4 heteroatoms. The van der Waals surface area contributed by atoms with Gasteiger partial charge in [0.05, 0.1) is 5.92 Å². The van der Waals surface area contributed by atoms with Crippen molar-refractivity contribution in [3.8, 4) is 5.75 Å². The average molecular weight is 277 g/mol. The van der Waals surface area contributed by atoms with Crippen LogP contribution in [0.2, 0.25) is 0 Å². The number of hydrogen-bond donors (Lipinski definition) is 2. The van der Waals surface area contributed by atoms with Gasteiger partial charge in [0.15, 0.2) is 0 Å². The molecule has 1 saturated carbocycles. The van der Waals surface area contributed by atoms with E-state index >= 15 is 0 Å². The summed E-state index contributed by atoms with van der Waals surface area (Å²) < 4.78 is 5.65. The fourth-order valence-electron chi connectivity index (χ4n) is 2.84. The quantitative estimate of drug-likeness (QED) is 0.752. The molecule has 0 aromatic heterocycles. The number of carboxylic acid groups (broad SMARTS) is 1. The van der Waals surface area contributed by atoms with Crippen molar-refractivity contribution < 1.29 is 14.6 Å². The van der Waals surface area contributed by atoms with Crippen LogP contribution in [0, 0.1) is 18.8 Å². The van der Waals surface area contributed by atoms with E-state index in [1.165, 1.54) is 5.56 Å². The Hall–Kier alpha value is -1.55. The standard InChI is InChI=1S/C16H23NO3/c1-12-4-2-6-14(10-12)20-9-8-17-11-13-5-3-7-15(13)16(18)19/h2,4,6,10,13,15,17H,3,5,7-9,11H2,1H3,(H,18,19). The van der Waals surface area contributed by atoms with E-state index in [1.807, 2.05) is 31.2 Å². The van der Waals surface area contributed by atoms with Gasteiger partial charge in [0.25, 0.3) is 0 Å². The first-order chi connectivity index (χ1) is 9.66. The van der Waals surface area contributed by atoms with Crippen LogP contribution in [-0.2, 0) is 4.79 Å². The Kier molecular flexibility index (Phi) is 5.41. The molecular formula is C16H23NO3. The van der Waals surface area contributed by atoms with Crippen LogP contribution in [0.3, 0.4) is 0 Å². The van der Waals surface area contributed by atoms with E-state index in [4.69, 9.17) is 9.84 Å². The lowest BCUT2D eigenvalue weighted by molar-refractivity contribution is -0.142. The van der Waals surface area contributed by atoms with Crippen molar-refractivity contribution in [2.45, 2.75) is 26.2 Å². The monoisotopic (exact) mass is 277 g/mol. The zero-order valence-corrected chi connectivity index (χ0v) is 12.0. The van der Waals surface area contributed by atoms with Crippen LogP contribution < -0.4 is 10.1 Å². The first-order valence-corrected chi connectivity index (χ1v) is 7.30. The number of aliphatic carboxylic acids is 1. The Labute approximate surface area is 120 Å². The minimum atomic E-state index is -0.648. The zero-order chi connectivity index (χ0) is 14.4. The number of rotatable bonds is 7. The van der Waals surface area contributed by atoms with Crippen LogP contribution in [0.4, 0.5) is 0 Å². The van der Waals surface area contributed by atoms with Gasteiger partial charge in [0.2, 0.25) is 0 Å². The molecule has 0 bridgehead atoms. The van der Waals surface area contributed by atoms with Crippen molar-refractivity contribution >= 4 is 5.97 Å². The number of hydrogen-bond acceptors (Lipinski definition) is 3. The first kappa shape index (κ1) is 14.9. The molecule has 4 nitrogen and oxygen atoms in total. The Morgan fingerprint density at radius 1 is 1.45 bits per heavy atom. The van der Waals surface area contributed by atoms with E-state index in [0.717, 1.165) is 38.1 Å². The molecule has 1 aliphatic rings. The lowest BCUT2D eigenvalue weighted by atomic mass is 9.96. The van der Waals surface area contributed by atoms with Gasteiger partial charge in [-0.25, -0.2) is 0 Å². The molecular weight excluding hydrogens is 254 g/mol. The van der Waals surface area contributed by atoms with Crippen LogP contribution in [-0.4, -0.2) is 30.8 Å². The Balaban J connectivity index is 1.63. The van der Waals surface area contributed by atoms with E-state index in [-0.39, 0.29) is 11.8 Å². The maximum absolute atomic E-state index is 11.1. The van der Waals surface area contributed by atoms with Gasteiger partial charge in [0, 0.05) is 6.54 Å². The van der Waals surface area contributed by atoms with E-state index in [0.29, 0.717) is 6.61 Å². The van der Waals surface area contributed by atoms with Gasteiger partial charge < -0.3 is 15.2 Å². The highest BCUT2D eigenvalue weighted by molar-refractivity contribution is 5.70. The summed E-state index contributed by atoms with van der Waals surface area (Å²) in [6.45, 7) is 4.16. The number of nitrogens with one attached hydrogen (secondary N) is 1. The van der Waals surface area contributed by atoms with E-state index in [2.05, 4.69) is 5.32 Å². The lowest BCUT2D eigenvalue weighted by Crippen LogP contribution is -2.31. The smallest absolute Gasteiger partial charge is 0.306 e. The molecule has 0 aliphatic heterocycles. The zero-order valence-electron chi connectivity index (χ0n) is 12.0. The van der Waals surface area contributed by atoms with Gasteiger partial charge in [0.1, 0.15) is 12.4 Å². The van der Waals surface area contributed by atoms with E-state index in [9.17, 15) is 4.79 Å². The summed E-state index contributed by atoms with van der Waals surface area (Å²) in [7, 11) is 0. The molecule has 2 rings (SSSR count). The summed E-state index contributed by atoms with van der Waals surface area (Å²) in [6.07, 6.45) is 2.87. The highest BCUT2D eigenvalue weighted by Crippen LogP contribution is 2.31. The third-order valence-electron chi connectivity index (χ3n) is 3.92. The number of carbonyl (C=O) groups is 1. The summed E-state index contributed by atoms with van der Waals surface area (Å²) in [5.74, 6) is 0.341. The van der Waals surface area contributed by atoms with Crippen LogP contribution in [0.15, 0.2) is 24.3 Å². The lowest BCUT2D eigenvalue weighted by Gasteiger charge is -2.16. The van der Waals surface area contributed by atoms with Gasteiger partial charge in [-0.15, -0.1) is 0 Å². The summed E-state index contributed by atoms with van der Waals surface area (Å²) in [6, 6.07) is 7.98. The summed E-state index contributed by atoms with van der Waals surface area (Å²) in [5, 5.41) is 12.4. The first-order valence-electron chi connectivity index (χ1n) is 7.30. The summed E-state index contributed by atoms with van der Waals surface area (Å²) >= 11 is 0. The van der Waals surface area contributed by atoms with Crippen LogP contribution in [0.5, 0.6) is 5.75 Å². The molecule has 0 spiro atoms. The van der Waals surface area contributed by atoms with E-state index < -0.39 is 5.97 Å². The fourth-order valence-corrected chi connectivity index (χ4v) is 2.84. The maximum atomic E-state index is 11.1. The number of ether oxygens (including phenoxy) is 1. The van der Waals surface area contributed by atoms with Crippen LogP contribution in [0.1, 0.15) is 24.8 Å². The molecule has 1 aliphatic carbocycles. The Morgan fingerprint density at radius 3 is 3.05 bits per heavy atom. The minimum absolute atomic E-state index is 0.166. The predicted octanol–water partition coefficient (Wildman–Crippen LogP) is 2.46. The average Bonchev–Trinajstić information content (AvgIpc) is 2.87. The second kappa shape index (κ2) is 7.29. The van der Waals surface area contributed by atoms with Crippen molar-refractivity contribution in [1.82, 2.24) is 5.32 Å². The summed E-state index contributed by atoms with van der Waals surface area (Å²) in [5.41, 5.74) is 1.19. The second-order valence-corrected chi connectivity index (χ2v) is 5.50. The molecule has 0 amide bonds. The molecule has 1 fully saturated rings. The number of carboxylic acids is 1. The molecule has 2 atom stereocenters. The van der Waals surface area contributed by atoms with Gasteiger partial charge >= 0.3 is 5.97 Å². The third-order valence-corrected chi connectivity index (χ3v) is 3.92. The van der Waals surface area contributed by atoms with Crippen molar-refractivity contribution in [3.63, 3.8) is 0 Å². The second-order valence-electron chi connectivity index (χ2n) is 5.50. The minimum Gasteiger partial charge on any atom is -0.492 e. The van der Waals surface area contributed by atoms with Gasteiger partial charge in [-0.3, -0.25) is 4.79 Å². The molecule has 0 saturated heterocycles. The molecule has 20 heavy (non-hydrogen) atoms. The molecule has 1 aromatic carbocycles. The fraction of sp³-hybridized carbons (Fsp3) is 0.562. The normalized spacial score (nSPS) is 21.9. The maximum Gasteiger partial charge on any atom is 0.306 e. The molecule has 110 valence electrons. The van der Waals surface area contributed by atoms with Crippen molar-refractivity contribution in [1.29, 1.82) is 0 Å². The number of benzene rings is 1. The molecule has 1 aromatic rings. The van der Waals surface area contributed by atoms with Crippen molar-refractivity contribution in [3.05, 3.63) is 29.8 Å². The highest BCUT2D eigenvalue weighted by Gasteiger charge is 2.32. The Bertz CT molecular complexity index is 447. The summed E-state index contributed by atoms with van der Waals surface area (Å²) in [4.78, 5) is 11.1. The van der Waals surface area contributed by atoms with Crippen molar-refractivity contribution in [2.24, 2.45) is 11.8 Å². The highest BCUT2D eigenvalue weighted by atomic mass is 16.5. The molecule has 2 unspecified atom stereocenters. The Morgan fingerprint density at radius 2 is 2.30 bits per heavy atom. The number of aryl methyl sites for hydroxylation is 1. The van der Waals surface area contributed by atoms with Crippen molar-refractivity contribution in [2.75, 3.05) is 19.7 Å². The third kappa shape index (κ3) is 4.23. The van der Waals surface area contributed by atoms with E-state index in [1.54, 1.807) is 0 Å². The predicted molar refractivity (Wildman–Crippen MR) is 78.0 cm³/mol. The molecule has 2 N–H and O–H groups in total. The van der Waals surface area contributed by atoms with Crippen LogP contribution in [0.25, 0.3) is 0 Å². The largest absolute Gasteiger partial charge is 0.492 e. The van der Waals surface area contributed by atoms with Gasteiger partial charge in [-0.1, -0.05) is 18.6 Å².